The Bertz CT molecular complexity index is 1000. The fourth-order valence-corrected chi connectivity index (χ4v) is 2.46. The minimum absolute atomic E-state index is 0.167. The number of benzene rings is 2. The van der Waals surface area contributed by atoms with Gasteiger partial charge in [-0.3, -0.25) is 0 Å². The van der Waals surface area contributed by atoms with Crippen LogP contribution in [0.5, 0.6) is 11.5 Å². The van der Waals surface area contributed by atoms with Crippen LogP contribution in [0.25, 0.3) is 21.8 Å². The maximum atomic E-state index is 9.43. The van der Waals surface area contributed by atoms with Gasteiger partial charge in [-0.05, 0) is 52.0 Å². The molecule has 4 aromatic rings. The molecule has 0 aliphatic rings. The maximum absolute atomic E-state index is 9.43. The Labute approximate surface area is 185 Å². The molecule has 2 aromatic carbocycles. The summed E-state index contributed by atoms with van der Waals surface area (Å²) in [4.78, 5) is 8.45. The second kappa shape index (κ2) is 12.7. The summed E-state index contributed by atoms with van der Waals surface area (Å²) < 4.78 is 8.19. The molecule has 6 nitrogen and oxygen atoms in total. The topological polar surface area (TPSA) is 104 Å². The van der Waals surface area contributed by atoms with E-state index in [1.807, 2.05) is 62.4 Å². The molecular weight excluding hydrogens is 419 g/mol. The minimum atomic E-state index is -0.167. The zero-order valence-corrected chi connectivity index (χ0v) is 18.8. The fourth-order valence-electron chi connectivity index (χ4n) is 2.46. The SMILES string of the molecule is CC(C)O.Cc1ccc2cccc(O)c2n1.Cc1ccc2cccc(O)c2n1.[O]=[V]. The summed E-state index contributed by atoms with van der Waals surface area (Å²) in [6, 6.07) is 18.6. The second-order valence-electron chi connectivity index (χ2n) is 6.70. The van der Waals surface area contributed by atoms with Gasteiger partial charge in [-0.25, -0.2) is 9.97 Å². The second-order valence-corrected chi connectivity index (χ2v) is 6.70. The first kappa shape index (κ1) is 25.2. The molecule has 0 radical (unpaired) electrons. The number of aromatic nitrogens is 2. The summed E-state index contributed by atoms with van der Waals surface area (Å²) in [5, 5.41) is 28.9. The third-order valence-electron chi connectivity index (χ3n) is 3.68. The molecule has 30 heavy (non-hydrogen) atoms. The molecule has 2 aromatic heterocycles. The van der Waals surface area contributed by atoms with E-state index >= 15 is 0 Å². The van der Waals surface area contributed by atoms with E-state index in [4.69, 9.17) is 8.78 Å². The Balaban J connectivity index is 0.000000239. The summed E-state index contributed by atoms with van der Waals surface area (Å²) in [5.74, 6) is 0.493. The number of rotatable bonds is 0. The zero-order valence-electron chi connectivity index (χ0n) is 17.4. The molecule has 2 heterocycles. The van der Waals surface area contributed by atoms with Gasteiger partial charge in [-0.2, -0.15) is 0 Å². The van der Waals surface area contributed by atoms with Crippen LogP contribution in [0.2, 0.25) is 0 Å². The molecule has 0 saturated heterocycles. The van der Waals surface area contributed by atoms with E-state index in [1.54, 1.807) is 26.0 Å². The Kier molecular flexibility index (Phi) is 10.7. The number of pyridine rings is 2. The zero-order chi connectivity index (χ0) is 22.7. The van der Waals surface area contributed by atoms with Crippen molar-refractivity contribution >= 4 is 21.8 Å². The average molecular weight is 445 g/mol. The molecule has 157 valence electrons. The Morgan fingerprint density at radius 3 is 1.37 bits per heavy atom. The van der Waals surface area contributed by atoms with Crippen molar-refractivity contribution < 1.29 is 36.4 Å². The quantitative estimate of drug-likeness (QED) is 0.361. The average Bonchev–Trinajstić information content (AvgIpc) is 2.71. The number of aliphatic hydroxyl groups is 1. The number of hydrogen-bond acceptors (Lipinski definition) is 6. The van der Waals surface area contributed by atoms with Crippen molar-refractivity contribution in [3.63, 3.8) is 0 Å². The van der Waals surface area contributed by atoms with Gasteiger partial charge < -0.3 is 15.3 Å². The van der Waals surface area contributed by atoms with Crippen LogP contribution in [-0.4, -0.2) is 31.4 Å². The number of phenolic OH excluding ortho intramolecular Hbond substituents is 2. The third kappa shape index (κ3) is 7.91. The summed E-state index contributed by atoms with van der Waals surface area (Å²) in [5.41, 5.74) is 3.20. The molecule has 0 saturated carbocycles. The van der Waals surface area contributed by atoms with Crippen LogP contribution in [0.4, 0.5) is 0 Å². The van der Waals surface area contributed by atoms with E-state index in [0.29, 0.717) is 11.0 Å². The number of fused-ring (bicyclic) bond motifs is 2. The summed E-state index contributed by atoms with van der Waals surface area (Å²) >= 11 is 1.06. The van der Waals surface area contributed by atoms with E-state index in [9.17, 15) is 10.2 Å². The number of aliphatic hydroxyl groups excluding tert-OH is 1. The molecule has 0 amide bonds. The summed E-state index contributed by atoms with van der Waals surface area (Å²) in [6.07, 6.45) is -0.167. The third-order valence-corrected chi connectivity index (χ3v) is 3.68. The molecule has 0 unspecified atom stereocenters. The fraction of sp³-hybridized carbons (Fsp3) is 0.217. The van der Waals surface area contributed by atoms with E-state index in [1.165, 1.54) is 0 Å². The number of aryl methyl sites for hydroxylation is 2. The first-order chi connectivity index (χ1) is 14.3. The summed E-state index contributed by atoms with van der Waals surface area (Å²) in [6.45, 7) is 7.26. The van der Waals surface area contributed by atoms with Crippen LogP contribution in [0.15, 0.2) is 60.7 Å². The molecule has 0 aliphatic carbocycles. The van der Waals surface area contributed by atoms with E-state index in [0.717, 1.165) is 39.5 Å². The van der Waals surface area contributed by atoms with Crippen molar-refractivity contribution in [2.45, 2.75) is 33.8 Å². The molecule has 0 atom stereocenters. The van der Waals surface area contributed by atoms with Gasteiger partial charge in [-0.1, -0.05) is 36.4 Å². The van der Waals surface area contributed by atoms with Crippen LogP contribution in [0.3, 0.4) is 0 Å². The van der Waals surface area contributed by atoms with Gasteiger partial charge in [0, 0.05) is 28.3 Å². The summed E-state index contributed by atoms with van der Waals surface area (Å²) in [7, 11) is 0. The van der Waals surface area contributed by atoms with Crippen molar-refractivity contribution in [2.24, 2.45) is 0 Å². The Morgan fingerprint density at radius 2 is 1.03 bits per heavy atom. The van der Waals surface area contributed by atoms with Gasteiger partial charge in [0.2, 0.25) is 0 Å². The predicted octanol–water partition coefficient (Wildman–Crippen LogP) is 4.76. The van der Waals surface area contributed by atoms with E-state index in [2.05, 4.69) is 9.97 Å². The van der Waals surface area contributed by atoms with Crippen LogP contribution in [0, 0.1) is 13.8 Å². The predicted molar refractivity (Wildman–Crippen MR) is 114 cm³/mol. The van der Waals surface area contributed by atoms with Crippen molar-refractivity contribution in [1.82, 2.24) is 9.97 Å². The van der Waals surface area contributed by atoms with Gasteiger partial charge in [0.1, 0.15) is 22.5 Å². The monoisotopic (exact) mass is 445 g/mol. The number of para-hydroxylation sites is 2. The van der Waals surface area contributed by atoms with Crippen LogP contribution < -0.4 is 0 Å². The number of phenols is 2. The molecular formula is C23H26N2O4V. The van der Waals surface area contributed by atoms with Crippen molar-refractivity contribution in [1.29, 1.82) is 0 Å². The Morgan fingerprint density at radius 1 is 0.700 bits per heavy atom. The van der Waals surface area contributed by atoms with Crippen molar-refractivity contribution in [3.8, 4) is 11.5 Å². The van der Waals surface area contributed by atoms with Crippen molar-refractivity contribution in [2.75, 3.05) is 0 Å². The van der Waals surface area contributed by atoms with Crippen LogP contribution in [0.1, 0.15) is 25.2 Å². The molecule has 7 heteroatoms. The molecule has 0 spiro atoms. The van der Waals surface area contributed by atoms with Crippen molar-refractivity contribution in [3.05, 3.63) is 72.1 Å². The normalized spacial score (nSPS) is 9.63. The van der Waals surface area contributed by atoms with Gasteiger partial charge in [0.25, 0.3) is 0 Å². The number of nitrogens with zero attached hydrogens (tertiary/aromatic N) is 2. The van der Waals surface area contributed by atoms with Gasteiger partial charge in [0.15, 0.2) is 0 Å². The number of hydrogen-bond donors (Lipinski definition) is 3. The molecule has 3 N–H and O–H groups in total. The van der Waals surface area contributed by atoms with E-state index in [-0.39, 0.29) is 17.6 Å². The standard InChI is InChI=1S/2C10H9NO.C3H8O.O.V/c2*1-7-5-6-8-3-2-4-9(12)10(8)11-7;1-3(2)4;;/h2*2-6,12H,1H3;3-4H,1-2H3;;. The first-order valence-corrected chi connectivity index (χ1v) is 9.82. The molecule has 0 fully saturated rings. The Hall–Kier alpha value is -2.80. The van der Waals surface area contributed by atoms with Gasteiger partial charge in [-0.15, -0.1) is 0 Å². The molecule has 0 bridgehead atoms. The molecule has 0 aliphatic heterocycles. The van der Waals surface area contributed by atoms with Gasteiger partial charge in [0.05, 0.1) is 0 Å². The van der Waals surface area contributed by atoms with Gasteiger partial charge >= 0.3 is 21.0 Å². The first-order valence-electron chi connectivity index (χ1n) is 9.25. The van der Waals surface area contributed by atoms with Crippen LogP contribution >= 0.6 is 0 Å². The molecule has 4 rings (SSSR count). The number of aromatic hydroxyl groups is 2. The van der Waals surface area contributed by atoms with E-state index < -0.39 is 0 Å². The van der Waals surface area contributed by atoms with Crippen LogP contribution in [-0.2, 0) is 21.0 Å².